The second kappa shape index (κ2) is 68.3. The number of hydrogen-bond donors (Lipinski definition) is 0. The van der Waals surface area contributed by atoms with Crippen molar-refractivity contribution in [1.82, 2.24) is 0 Å². The van der Waals surface area contributed by atoms with Gasteiger partial charge in [-0.25, -0.2) is 0 Å². The van der Waals surface area contributed by atoms with Crippen LogP contribution in [-0.2, 0) is 28.6 Å². The van der Waals surface area contributed by atoms with Crippen LogP contribution >= 0.6 is 0 Å². The first-order valence-electron chi connectivity index (χ1n) is 34.9. The average molecular weight is 1120 g/mol. The summed E-state index contributed by atoms with van der Waals surface area (Å²) < 4.78 is 17.0. The Bertz CT molecular complexity index is 1470. The predicted octanol–water partition coefficient (Wildman–Crippen LogP) is 24.1. The molecule has 6 nitrogen and oxygen atoms in total. The summed E-state index contributed by atoms with van der Waals surface area (Å²) in [6.07, 6.45) is 89.2. The minimum absolute atomic E-state index is 0.0794. The number of carbonyl (C=O) groups excluding carboxylic acids is 3. The van der Waals surface area contributed by atoms with Gasteiger partial charge >= 0.3 is 17.9 Å². The van der Waals surface area contributed by atoms with Gasteiger partial charge in [0.1, 0.15) is 13.2 Å². The Morgan fingerprint density at radius 3 is 0.787 bits per heavy atom. The lowest BCUT2D eigenvalue weighted by molar-refractivity contribution is -0.167. The predicted molar refractivity (Wildman–Crippen MR) is 348 cm³/mol. The molecule has 1 unspecified atom stereocenters. The topological polar surface area (TPSA) is 78.9 Å². The summed E-state index contributed by atoms with van der Waals surface area (Å²) in [5.41, 5.74) is 0. The van der Waals surface area contributed by atoms with E-state index >= 15 is 0 Å². The van der Waals surface area contributed by atoms with Crippen LogP contribution < -0.4 is 0 Å². The van der Waals surface area contributed by atoms with Gasteiger partial charge in [-0.05, 0) is 109 Å². The minimum atomic E-state index is -0.785. The Kier molecular flexibility index (Phi) is 65.7. The van der Waals surface area contributed by atoms with Crippen LogP contribution in [0.3, 0.4) is 0 Å². The number of ether oxygens (including phenoxy) is 3. The van der Waals surface area contributed by atoms with E-state index < -0.39 is 6.10 Å². The Morgan fingerprint density at radius 1 is 0.263 bits per heavy atom. The van der Waals surface area contributed by atoms with E-state index in [2.05, 4.69) is 93.7 Å². The molecule has 0 N–H and O–H groups in total. The van der Waals surface area contributed by atoms with Crippen molar-refractivity contribution in [2.75, 3.05) is 13.2 Å². The molecule has 0 fully saturated rings. The zero-order valence-electron chi connectivity index (χ0n) is 53.3. The van der Waals surface area contributed by atoms with Gasteiger partial charge in [0.05, 0.1) is 0 Å². The summed E-state index contributed by atoms with van der Waals surface area (Å²) in [4.78, 5) is 38.4. The first-order valence-corrected chi connectivity index (χ1v) is 34.9. The van der Waals surface area contributed by atoms with Crippen LogP contribution in [0.5, 0.6) is 0 Å². The van der Waals surface area contributed by atoms with Crippen molar-refractivity contribution in [3.8, 4) is 0 Å². The van der Waals surface area contributed by atoms with E-state index in [4.69, 9.17) is 14.2 Å². The lowest BCUT2D eigenvalue weighted by Gasteiger charge is -2.18. The summed E-state index contributed by atoms with van der Waals surface area (Å²) in [7, 11) is 0. The fourth-order valence-corrected chi connectivity index (χ4v) is 10.2. The number of carbonyl (C=O) groups is 3. The number of rotatable bonds is 64. The number of hydrogen-bond acceptors (Lipinski definition) is 6. The second-order valence-electron chi connectivity index (χ2n) is 23.4. The van der Waals surface area contributed by atoms with Crippen LogP contribution in [0.1, 0.15) is 361 Å². The van der Waals surface area contributed by atoms with Crippen LogP contribution in [0.25, 0.3) is 0 Å². The SMILES string of the molecule is CC/C=C\C/C=C\C/C=C\CCCCCCCCCC(=O)OCC(COC(=O)CCCCCCCCCCCCCCCCC/C=C\CCCCCCCCCC)OC(=O)CCCCCCCCC/C=C\C/C=C\CCCCCC. The fourth-order valence-electron chi connectivity index (χ4n) is 10.2. The fraction of sp³-hybridized carbons (Fsp3) is 0.797. The highest BCUT2D eigenvalue weighted by molar-refractivity contribution is 5.71. The van der Waals surface area contributed by atoms with Crippen molar-refractivity contribution in [3.05, 3.63) is 72.9 Å². The molecular formula is C74H132O6. The summed E-state index contributed by atoms with van der Waals surface area (Å²) in [6.45, 7) is 6.55. The van der Waals surface area contributed by atoms with E-state index in [1.807, 2.05) is 0 Å². The van der Waals surface area contributed by atoms with Crippen molar-refractivity contribution >= 4 is 17.9 Å². The van der Waals surface area contributed by atoms with E-state index in [1.54, 1.807) is 0 Å². The number of unbranched alkanes of at least 4 members (excludes halogenated alkanes) is 41. The van der Waals surface area contributed by atoms with Crippen LogP contribution in [0.15, 0.2) is 72.9 Å². The lowest BCUT2D eigenvalue weighted by atomic mass is 10.0. The zero-order valence-corrected chi connectivity index (χ0v) is 53.3. The monoisotopic (exact) mass is 1120 g/mol. The third kappa shape index (κ3) is 65.7. The van der Waals surface area contributed by atoms with Gasteiger partial charge in [-0.2, -0.15) is 0 Å². The highest BCUT2D eigenvalue weighted by atomic mass is 16.6. The summed E-state index contributed by atoms with van der Waals surface area (Å²) in [6, 6.07) is 0. The van der Waals surface area contributed by atoms with Crippen molar-refractivity contribution in [1.29, 1.82) is 0 Å². The molecule has 0 rings (SSSR count). The molecule has 0 aliphatic carbocycles. The molecule has 0 aromatic heterocycles. The van der Waals surface area contributed by atoms with Gasteiger partial charge in [0.2, 0.25) is 0 Å². The van der Waals surface area contributed by atoms with Gasteiger partial charge in [-0.15, -0.1) is 0 Å². The van der Waals surface area contributed by atoms with Crippen LogP contribution in [0.2, 0.25) is 0 Å². The maximum atomic E-state index is 12.9. The third-order valence-corrected chi connectivity index (χ3v) is 15.4. The molecule has 0 spiro atoms. The van der Waals surface area contributed by atoms with Gasteiger partial charge in [0.25, 0.3) is 0 Å². The van der Waals surface area contributed by atoms with Crippen LogP contribution in [0, 0.1) is 0 Å². The normalized spacial score (nSPS) is 12.5. The van der Waals surface area contributed by atoms with E-state index in [0.717, 1.165) is 96.3 Å². The molecular weight excluding hydrogens is 985 g/mol. The molecule has 0 heterocycles. The molecule has 0 aliphatic heterocycles. The maximum absolute atomic E-state index is 12.9. The molecule has 0 amide bonds. The molecule has 0 aliphatic rings. The van der Waals surface area contributed by atoms with Gasteiger partial charge in [0.15, 0.2) is 6.10 Å². The standard InChI is InChI=1S/C74H132O6/c1-4-7-10-13-16-19-22-25-28-31-33-34-35-36-37-38-39-40-41-44-46-49-52-55-58-61-64-67-73(76)79-70-71(69-78-72(75)66-63-60-57-54-51-48-45-42-30-27-24-21-18-15-12-9-6-3)80-74(77)68-65-62-59-56-53-50-47-43-32-29-26-23-20-17-14-11-8-5-2/h9,12,18,20-21,23,27,29-33,71H,4-8,10-11,13-17,19,22,24-26,28,34-70H2,1-3H3/b12-9-,21-18-,23-20-,30-27-,32-29-,33-31-. The van der Waals surface area contributed by atoms with E-state index in [9.17, 15) is 14.4 Å². The molecule has 0 aromatic rings. The van der Waals surface area contributed by atoms with Crippen molar-refractivity contribution in [2.45, 2.75) is 367 Å². The lowest BCUT2D eigenvalue weighted by Crippen LogP contribution is -2.30. The average Bonchev–Trinajstić information content (AvgIpc) is 3.46. The van der Waals surface area contributed by atoms with Gasteiger partial charge < -0.3 is 14.2 Å². The van der Waals surface area contributed by atoms with E-state index in [1.165, 1.54) is 225 Å². The Labute approximate surface area is 497 Å². The summed E-state index contributed by atoms with van der Waals surface area (Å²) >= 11 is 0. The summed E-state index contributed by atoms with van der Waals surface area (Å²) in [5, 5.41) is 0. The molecule has 0 saturated heterocycles. The van der Waals surface area contributed by atoms with Crippen molar-refractivity contribution < 1.29 is 28.6 Å². The third-order valence-electron chi connectivity index (χ3n) is 15.4. The molecule has 0 saturated carbocycles. The molecule has 1 atom stereocenters. The zero-order chi connectivity index (χ0) is 57.8. The minimum Gasteiger partial charge on any atom is -0.462 e. The van der Waals surface area contributed by atoms with Gasteiger partial charge in [-0.1, -0.05) is 306 Å². The van der Waals surface area contributed by atoms with E-state index in [-0.39, 0.29) is 31.1 Å². The maximum Gasteiger partial charge on any atom is 0.306 e. The smallest absolute Gasteiger partial charge is 0.306 e. The van der Waals surface area contributed by atoms with Crippen LogP contribution in [0.4, 0.5) is 0 Å². The van der Waals surface area contributed by atoms with Crippen molar-refractivity contribution in [2.24, 2.45) is 0 Å². The molecule has 0 radical (unpaired) electrons. The highest BCUT2D eigenvalue weighted by Crippen LogP contribution is 2.17. The van der Waals surface area contributed by atoms with Crippen molar-refractivity contribution in [3.63, 3.8) is 0 Å². The quantitative estimate of drug-likeness (QED) is 0.0261. The number of esters is 3. The Morgan fingerprint density at radius 2 is 0.487 bits per heavy atom. The Hall–Kier alpha value is -3.15. The molecule has 0 bridgehead atoms. The second-order valence-corrected chi connectivity index (χ2v) is 23.4. The highest BCUT2D eigenvalue weighted by Gasteiger charge is 2.19. The first kappa shape index (κ1) is 76.9. The molecule has 80 heavy (non-hydrogen) atoms. The van der Waals surface area contributed by atoms with E-state index in [0.29, 0.717) is 19.3 Å². The largest absolute Gasteiger partial charge is 0.462 e. The number of allylic oxidation sites excluding steroid dienone is 12. The van der Waals surface area contributed by atoms with Gasteiger partial charge in [0, 0.05) is 19.3 Å². The van der Waals surface area contributed by atoms with Crippen LogP contribution in [-0.4, -0.2) is 37.2 Å². The summed E-state index contributed by atoms with van der Waals surface area (Å²) in [5.74, 6) is -0.878. The van der Waals surface area contributed by atoms with Gasteiger partial charge in [-0.3, -0.25) is 14.4 Å². The molecule has 0 aromatic carbocycles. The molecule has 6 heteroatoms. The first-order chi connectivity index (χ1) is 39.5. The Balaban J connectivity index is 4.29. The molecule has 464 valence electrons.